The molecule has 0 aromatic heterocycles. The Kier molecular flexibility index (Phi) is 3.21. The minimum Gasteiger partial charge on any atom is -0.313 e. The van der Waals surface area contributed by atoms with Crippen LogP contribution in [0.3, 0.4) is 0 Å². The molecule has 1 aliphatic heterocycles. The lowest BCUT2D eigenvalue weighted by Crippen LogP contribution is -2.42. The lowest BCUT2D eigenvalue weighted by molar-refractivity contribution is 0.256. The third-order valence-electron chi connectivity index (χ3n) is 5.28. The molecule has 2 aliphatic carbocycles. The highest BCUT2D eigenvalue weighted by Gasteiger charge is 2.41. The first-order valence-corrected chi connectivity index (χ1v) is 7.29. The van der Waals surface area contributed by atoms with Gasteiger partial charge < -0.3 is 10.6 Å². The van der Waals surface area contributed by atoms with E-state index in [-0.39, 0.29) is 0 Å². The molecule has 3 fully saturated rings. The van der Waals surface area contributed by atoms with Crippen LogP contribution in [-0.4, -0.2) is 25.2 Å². The number of nitrogens with one attached hydrogen (secondary N) is 2. The van der Waals surface area contributed by atoms with Crippen LogP contribution < -0.4 is 10.6 Å². The van der Waals surface area contributed by atoms with Gasteiger partial charge in [-0.25, -0.2) is 0 Å². The standard InChI is InChI=1S/C14H26N2/c1-10(16-9-13-3-2-6-15-13)14-8-11-4-5-12(14)7-11/h10-16H,2-9H2,1H3. The molecule has 3 rings (SSSR count). The van der Waals surface area contributed by atoms with Crippen LogP contribution in [0.5, 0.6) is 0 Å². The van der Waals surface area contributed by atoms with Crippen LogP contribution in [0.15, 0.2) is 0 Å². The third kappa shape index (κ3) is 2.14. The summed E-state index contributed by atoms with van der Waals surface area (Å²) in [7, 11) is 0. The van der Waals surface area contributed by atoms with E-state index in [0.717, 1.165) is 29.8 Å². The van der Waals surface area contributed by atoms with Gasteiger partial charge in [0.1, 0.15) is 0 Å². The lowest BCUT2D eigenvalue weighted by atomic mass is 9.84. The first-order chi connectivity index (χ1) is 7.83. The van der Waals surface area contributed by atoms with Crippen LogP contribution in [0.25, 0.3) is 0 Å². The van der Waals surface area contributed by atoms with E-state index in [1.165, 1.54) is 45.2 Å². The zero-order chi connectivity index (χ0) is 11.0. The summed E-state index contributed by atoms with van der Waals surface area (Å²) >= 11 is 0. The normalized spacial score (nSPS) is 44.1. The van der Waals surface area contributed by atoms with E-state index in [4.69, 9.17) is 0 Å². The van der Waals surface area contributed by atoms with Crippen molar-refractivity contribution in [2.24, 2.45) is 17.8 Å². The van der Waals surface area contributed by atoms with Crippen molar-refractivity contribution in [1.29, 1.82) is 0 Å². The molecule has 2 saturated carbocycles. The monoisotopic (exact) mass is 222 g/mol. The molecule has 5 atom stereocenters. The number of fused-ring (bicyclic) bond motifs is 2. The van der Waals surface area contributed by atoms with Crippen molar-refractivity contribution in [1.82, 2.24) is 10.6 Å². The first kappa shape index (κ1) is 11.0. The molecular formula is C14H26N2. The van der Waals surface area contributed by atoms with Crippen LogP contribution >= 0.6 is 0 Å². The van der Waals surface area contributed by atoms with E-state index in [1.54, 1.807) is 6.42 Å². The summed E-state index contributed by atoms with van der Waals surface area (Å²) in [4.78, 5) is 0. The molecule has 16 heavy (non-hydrogen) atoms. The van der Waals surface area contributed by atoms with Gasteiger partial charge >= 0.3 is 0 Å². The van der Waals surface area contributed by atoms with Gasteiger partial charge in [0.05, 0.1) is 0 Å². The predicted molar refractivity (Wildman–Crippen MR) is 67.4 cm³/mol. The molecule has 3 aliphatic rings. The molecule has 2 bridgehead atoms. The van der Waals surface area contributed by atoms with Gasteiger partial charge in [0, 0.05) is 18.6 Å². The maximum atomic E-state index is 3.79. The highest BCUT2D eigenvalue weighted by molar-refractivity contribution is 4.94. The van der Waals surface area contributed by atoms with Crippen LogP contribution in [0.1, 0.15) is 45.4 Å². The Labute approximate surface area is 99.6 Å². The van der Waals surface area contributed by atoms with Crippen LogP contribution in [0, 0.1) is 17.8 Å². The summed E-state index contributed by atoms with van der Waals surface area (Å²) in [6.45, 7) is 4.84. The van der Waals surface area contributed by atoms with Gasteiger partial charge in [0.15, 0.2) is 0 Å². The Morgan fingerprint density at radius 2 is 2.19 bits per heavy atom. The fourth-order valence-corrected chi connectivity index (χ4v) is 4.32. The zero-order valence-electron chi connectivity index (χ0n) is 10.5. The van der Waals surface area contributed by atoms with Crippen molar-refractivity contribution in [3.8, 4) is 0 Å². The van der Waals surface area contributed by atoms with Gasteiger partial charge in [0.25, 0.3) is 0 Å². The van der Waals surface area contributed by atoms with E-state index in [1.807, 2.05) is 0 Å². The molecule has 0 aromatic carbocycles. The Balaban J connectivity index is 1.44. The molecule has 5 unspecified atom stereocenters. The maximum Gasteiger partial charge on any atom is 0.0193 e. The summed E-state index contributed by atoms with van der Waals surface area (Å²) < 4.78 is 0. The van der Waals surface area contributed by atoms with Crippen LogP contribution in [0.4, 0.5) is 0 Å². The zero-order valence-corrected chi connectivity index (χ0v) is 10.5. The van der Waals surface area contributed by atoms with Crippen molar-refractivity contribution < 1.29 is 0 Å². The molecule has 1 heterocycles. The summed E-state index contributed by atoms with van der Waals surface area (Å²) in [5.74, 6) is 3.13. The highest BCUT2D eigenvalue weighted by Crippen LogP contribution is 2.49. The van der Waals surface area contributed by atoms with Crippen molar-refractivity contribution >= 4 is 0 Å². The van der Waals surface area contributed by atoms with Gasteiger partial charge in [-0.15, -0.1) is 0 Å². The average Bonchev–Trinajstić information content (AvgIpc) is 3.01. The molecule has 2 nitrogen and oxygen atoms in total. The number of hydrogen-bond acceptors (Lipinski definition) is 2. The molecule has 2 N–H and O–H groups in total. The quantitative estimate of drug-likeness (QED) is 0.761. The fraction of sp³-hybridized carbons (Fsp3) is 1.00. The smallest absolute Gasteiger partial charge is 0.0193 e. The second kappa shape index (κ2) is 4.66. The van der Waals surface area contributed by atoms with Gasteiger partial charge in [-0.3, -0.25) is 0 Å². The fourth-order valence-electron chi connectivity index (χ4n) is 4.32. The van der Waals surface area contributed by atoms with E-state index >= 15 is 0 Å². The second-order valence-electron chi connectivity index (χ2n) is 6.33. The Bertz CT molecular complexity index is 235. The summed E-state index contributed by atoms with van der Waals surface area (Å²) in [5.41, 5.74) is 0. The van der Waals surface area contributed by atoms with Gasteiger partial charge in [0.2, 0.25) is 0 Å². The van der Waals surface area contributed by atoms with E-state index < -0.39 is 0 Å². The highest BCUT2D eigenvalue weighted by atomic mass is 15.0. The van der Waals surface area contributed by atoms with E-state index in [0.29, 0.717) is 0 Å². The van der Waals surface area contributed by atoms with Crippen molar-refractivity contribution in [2.75, 3.05) is 13.1 Å². The Hall–Kier alpha value is -0.0800. The molecule has 0 spiro atoms. The van der Waals surface area contributed by atoms with Gasteiger partial charge in [-0.2, -0.15) is 0 Å². The minimum absolute atomic E-state index is 0.748. The van der Waals surface area contributed by atoms with Gasteiger partial charge in [-0.1, -0.05) is 6.42 Å². The summed E-state index contributed by atoms with van der Waals surface area (Å²) in [6.07, 6.45) is 8.84. The van der Waals surface area contributed by atoms with Crippen LogP contribution in [-0.2, 0) is 0 Å². The minimum atomic E-state index is 0.748. The van der Waals surface area contributed by atoms with Gasteiger partial charge in [-0.05, 0) is 63.3 Å². The van der Waals surface area contributed by atoms with E-state index in [2.05, 4.69) is 17.6 Å². The van der Waals surface area contributed by atoms with Crippen molar-refractivity contribution in [2.45, 2.75) is 57.5 Å². The second-order valence-corrected chi connectivity index (χ2v) is 6.33. The van der Waals surface area contributed by atoms with Crippen LogP contribution in [0.2, 0.25) is 0 Å². The molecular weight excluding hydrogens is 196 g/mol. The average molecular weight is 222 g/mol. The number of rotatable bonds is 4. The lowest BCUT2D eigenvalue weighted by Gasteiger charge is -2.29. The topological polar surface area (TPSA) is 24.1 Å². The molecule has 92 valence electrons. The Morgan fingerprint density at radius 3 is 2.81 bits per heavy atom. The molecule has 0 amide bonds. The SMILES string of the molecule is CC(NCC1CCCN1)C1CC2CCC1C2. The molecule has 0 aromatic rings. The molecule has 2 heteroatoms. The maximum absolute atomic E-state index is 3.79. The summed E-state index contributed by atoms with van der Waals surface area (Å²) in [5, 5.41) is 7.36. The first-order valence-electron chi connectivity index (χ1n) is 7.29. The van der Waals surface area contributed by atoms with E-state index in [9.17, 15) is 0 Å². The largest absolute Gasteiger partial charge is 0.313 e. The van der Waals surface area contributed by atoms with Crippen molar-refractivity contribution in [3.63, 3.8) is 0 Å². The predicted octanol–water partition coefficient (Wildman–Crippen LogP) is 2.15. The molecule has 0 radical (unpaired) electrons. The van der Waals surface area contributed by atoms with Crippen molar-refractivity contribution in [3.05, 3.63) is 0 Å². The molecule has 1 saturated heterocycles. The Morgan fingerprint density at radius 1 is 1.25 bits per heavy atom. The third-order valence-corrected chi connectivity index (χ3v) is 5.28. The summed E-state index contributed by atoms with van der Waals surface area (Å²) in [6, 6.07) is 1.50. The number of hydrogen-bond donors (Lipinski definition) is 2.